The number of aromatic nitrogens is 2. The van der Waals surface area contributed by atoms with E-state index >= 15 is 0 Å². The Morgan fingerprint density at radius 2 is 1.54 bits per heavy atom. The number of imidazole rings is 1. The van der Waals surface area contributed by atoms with Gasteiger partial charge in [0, 0.05) is 17.8 Å². The number of hydrogen-bond acceptors (Lipinski definition) is 3. The maximum Gasteiger partial charge on any atom is 0.247 e. The summed E-state index contributed by atoms with van der Waals surface area (Å²) in [5, 5.41) is 2.99. The summed E-state index contributed by atoms with van der Waals surface area (Å²) in [6, 6.07) is 26.6. The molecule has 1 N–H and O–H groups in total. The molecule has 0 fully saturated rings. The van der Waals surface area contributed by atoms with E-state index in [1.807, 2.05) is 110 Å². The summed E-state index contributed by atoms with van der Waals surface area (Å²) in [6.07, 6.45) is 3.29. The molecule has 3 aromatic carbocycles. The molecule has 2 amide bonds. The molecule has 35 heavy (non-hydrogen) atoms. The van der Waals surface area contributed by atoms with Crippen LogP contribution in [0, 0.1) is 0 Å². The van der Waals surface area contributed by atoms with Gasteiger partial charge in [0.05, 0.1) is 17.1 Å². The van der Waals surface area contributed by atoms with E-state index in [-0.39, 0.29) is 24.4 Å². The fourth-order valence-electron chi connectivity index (χ4n) is 4.18. The van der Waals surface area contributed by atoms with Crippen LogP contribution < -0.4 is 10.2 Å². The van der Waals surface area contributed by atoms with Gasteiger partial charge in [-0.3, -0.25) is 9.59 Å². The van der Waals surface area contributed by atoms with E-state index in [0.717, 1.165) is 22.3 Å². The Hall–Kier alpha value is -4.19. The van der Waals surface area contributed by atoms with Crippen molar-refractivity contribution in [2.24, 2.45) is 0 Å². The SMILES string of the molecule is CC(NC(=O)/C=C\c1ccccc1)c1nc2ccccc2n1CC(=O)N(c1ccccc1)C(C)C. The van der Waals surface area contributed by atoms with E-state index in [1.54, 1.807) is 11.0 Å². The lowest BCUT2D eigenvalue weighted by Crippen LogP contribution is -2.39. The predicted molar refractivity (Wildman–Crippen MR) is 141 cm³/mol. The lowest BCUT2D eigenvalue weighted by Gasteiger charge is -2.28. The van der Waals surface area contributed by atoms with Crippen LogP contribution in [0.3, 0.4) is 0 Å². The zero-order valence-electron chi connectivity index (χ0n) is 20.3. The third-order valence-electron chi connectivity index (χ3n) is 5.77. The van der Waals surface area contributed by atoms with Gasteiger partial charge < -0.3 is 14.8 Å². The number of carbonyl (C=O) groups is 2. The maximum absolute atomic E-state index is 13.5. The van der Waals surface area contributed by atoms with Crippen LogP contribution in [0.5, 0.6) is 0 Å². The molecule has 0 aliphatic heterocycles. The molecule has 0 bridgehead atoms. The summed E-state index contributed by atoms with van der Waals surface area (Å²) in [6.45, 7) is 6.00. The van der Waals surface area contributed by atoms with Crippen LogP contribution in [0.4, 0.5) is 5.69 Å². The molecule has 0 radical (unpaired) electrons. The van der Waals surface area contributed by atoms with E-state index in [0.29, 0.717) is 5.82 Å². The quantitative estimate of drug-likeness (QED) is 0.355. The summed E-state index contributed by atoms with van der Waals surface area (Å²) >= 11 is 0. The first-order chi connectivity index (χ1) is 16.9. The molecule has 1 atom stereocenters. The summed E-state index contributed by atoms with van der Waals surface area (Å²) in [7, 11) is 0. The minimum absolute atomic E-state index is 0.0108. The smallest absolute Gasteiger partial charge is 0.247 e. The van der Waals surface area contributed by atoms with Crippen molar-refractivity contribution in [2.75, 3.05) is 4.90 Å². The largest absolute Gasteiger partial charge is 0.343 e. The first-order valence-corrected chi connectivity index (χ1v) is 11.8. The Morgan fingerprint density at radius 1 is 0.914 bits per heavy atom. The first kappa shape index (κ1) is 24.0. The van der Waals surface area contributed by atoms with Gasteiger partial charge in [0.2, 0.25) is 11.8 Å². The van der Waals surface area contributed by atoms with Gasteiger partial charge in [-0.25, -0.2) is 4.98 Å². The molecular weight excluding hydrogens is 436 g/mol. The normalized spacial score (nSPS) is 12.2. The number of nitrogens with one attached hydrogen (secondary N) is 1. The van der Waals surface area contributed by atoms with Crippen molar-refractivity contribution >= 4 is 34.6 Å². The van der Waals surface area contributed by atoms with Gasteiger partial charge in [-0.2, -0.15) is 0 Å². The van der Waals surface area contributed by atoms with E-state index in [9.17, 15) is 9.59 Å². The molecule has 0 saturated heterocycles. The van der Waals surface area contributed by atoms with Crippen molar-refractivity contribution in [1.82, 2.24) is 14.9 Å². The summed E-state index contributed by atoms with van der Waals surface area (Å²) < 4.78 is 1.90. The average Bonchev–Trinajstić information content (AvgIpc) is 3.22. The highest BCUT2D eigenvalue weighted by atomic mass is 16.2. The molecular formula is C29H30N4O2. The molecule has 6 heteroatoms. The van der Waals surface area contributed by atoms with Crippen LogP contribution in [0.1, 0.15) is 38.2 Å². The second kappa shape index (κ2) is 10.8. The third-order valence-corrected chi connectivity index (χ3v) is 5.77. The second-order valence-corrected chi connectivity index (χ2v) is 8.71. The van der Waals surface area contributed by atoms with Crippen LogP contribution in [0.15, 0.2) is 91.0 Å². The minimum atomic E-state index is -0.396. The van der Waals surface area contributed by atoms with Crippen LogP contribution >= 0.6 is 0 Å². The van der Waals surface area contributed by atoms with Gasteiger partial charge in [0.15, 0.2) is 0 Å². The van der Waals surface area contributed by atoms with E-state index < -0.39 is 6.04 Å². The zero-order chi connectivity index (χ0) is 24.8. The Morgan fingerprint density at radius 3 is 2.23 bits per heavy atom. The standard InChI is InChI=1S/C29H30N4O2/c1-21(2)33(24-14-8-5-9-15-24)28(35)20-32-26-17-11-10-16-25(26)31-29(32)22(3)30-27(34)19-18-23-12-6-4-7-13-23/h4-19,21-22H,20H2,1-3H3,(H,30,34)/b19-18-. The molecule has 0 aliphatic rings. The van der Waals surface area contributed by atoms with Gasteiger partial charge in [-0.05, 0) is 56.7 Å². The third kappa shape index (κ3) is 5.66. The van der Waals surface area contributed by atoms with Crippen molar-refractivity contribution in [3.05, 3.63) is 102 Å². The number of benzene rings is 3. The summed E-state index contributed by atoms with van der Waals surface area (Å²) in [4.78, 5) is 32.7. The lowest BCUT2D eigenvalue weighted by molar-refractivity contribution is -0.119. The molecule has 4 aromatic rings. The Labute approximate surface area is 205 Å². The monoisotopic (exact) mass is 466 g/mol. The number of rotatable bonds is 8. The Balaban J connectivity index is 1.60. The number of hydrogen-bond donors (Lipinski definition) is 1. The number of fused-ring (bicyclic) bond motifs is 1. The average molecular weight is 467 g/mol. The second-order valence-electron chi connectivity index (χ2n) is 8.71. The highest BCUT2D eigenvalue weighted by Crippen LogP contribution is 2.23. The van der Waals surface area contributed by atoms with E-state index in [2.05, 4.69) is 5.32 Å². The highest BCUT2D eigenvalue weighted by Gasteiger charge is 2.24. The van der Waals surface area contributed by atoms with Crippen molar-refractivity contribution in [3.8, 4) is 0 Å². The number of para-hydroxylation sites is 3. The predicted octanol–water partition coefficient (Wildman–Crippen LogP) is 5.37. The number of amides is 2. The van der Waals surface area contributed by atoms with Crippen molar-refractivity contribution in [1.29, 1.82) is 0 Å². The van der Waals surface area contributed by atoms with Crippen molar-refractivity contribution < 1.29 is 9.59 Å². The molecule has 6 nitrogen and oxygen atoms in total. The fourth-order valence-corrected chi connectivity index (χ4v) is 4.18. The molecule has 0 spiro atoms. The van der Waals surface area contributed by atoms with Gasteiger partial charge in [0.25, 0.3) is 0 Å². The summed E-state index contributed by atoms with van der Waals surface area (Å²) in [5.74, 6) is 0.371. The number of nitrogens with zero attached hydrogens (tertiary/aromatic N) is 3. The highest BCUT2D eigenvalue weighted by molar-refractivity contribution is 5.95. The van der Waals surface area contributed by atoms with E-state index in [1.165, 1.54) is 6.08 Å². The maximum atomic E-state index is 13.5. The number of carbonyl (C=O) groups excluding carboxylic acids is 2. The fraction of sp³-hybridized carbons (Fsp3) is 0.207. The minimum Gasteiger partial charge on any atom is -0.343 e. The Kier molecular flexibility index (Phi) is 7.41. The molecule has 1 heterocycles. The van der Waals surface area contributed by atoms with Gasteiger partial charge in [0.1, 0.15) is 12.4 Å². The molecule has 178 valence electrons. The zero-order valence-corrected chi connectivity index (χ0v) is 20.3. The van der Waals surface area contributed by atoms with Crippen LogP contribution in [0.25, 0.3) is 17.1 Å². The Bertz CT molecular complexity index is 1330. The molecule has 1 unspecified atom stereocenters. The van der Waals surface area contributed by atoms with Gasteiger partial charge in [-0.1, -0.05) is 60.7 Å². The van der Waals surface area contributed by atoms with Gasteiger partial charge in [-0.15, -0.1) is 0 Å². The van der Waals surface area contributed by atoms with Crippen molar-refractivity contribution in [3.63, 3.8) is 0 Å². The van der Waals surface area contributed by atoms with Gasteiger partial charge >= 0.3 is 0 Å². The topological polar surface area (TPSA) is 67.2 Å². The first-order valence-electron chi connectivity index (χ1n) is 11.8. The molecule has 1 aromatic heterocycles. The van der Waals surface area contributed by atoms with Crippen molar-refractivity contribution in [2.45, 2.75) is 39.4 Å². The van der Waals surface area contributed by atoms with Crippen LogP contribution in [-0.2, 0) is 16.1 Å². The molecule has 4 rings (SSSR count). The summed E-state index contributed by atoms with van der Waals surface area (Å²) in [5.41, 5.74) is 3.44. The van der Waals surface area contributed by atoms with Crippen LogP contribution in [0.2, 0.25) is 0 Å². The molecule has 0 aliphatic carbocycles. The molecule has 0 saturated carbocycles. The van der Waals surface area contributed by atoms with Crippen LogP contribution in [-0.4, -0.2) is 27.4 Å². The lowest BCUT2D eigenvalue weighted by atomic mass is 10.2. The van der Waals surface area contributed by atoms with E-state index in [4.69, 9.17) is 4.98 Å². The number of anilines is 1.